The number of aryl methyl sites for hydroxylation is 3. The molecule has 1 aromatic carbocycles. The van der Waals surface area contributed by atoms with Crippen LogP contribution in [0.3, 0.4) is 0 Å². The minimum atomic E-state index is 0. The maximum Gasteiger partial charge on any atom is 0.191 e. The molecule has 0 aliphatic heterocycles. The van der Waals surface area contributed by atoms with Crippen LogP contribution >= 0.6 is 24.0 Å². The van der Waals surface area contributed by atoms with E-state index in [2.05, 4.69) is 66.9 Å². The molecule has 0 saturated heterocycles. The molecule has 4 nitrogen and oxygen atoms in total. The van der Waals surface area contributed by atoms with Crippen molar-refractivity contribution in [2.75, 3.05) is 13.1 Å². The lowest BCUT2D eigenvalue weighted by Gasteiger charge is -2.11. The molecule has 0 radical (unpaired) electrons. The summed E-state index contributed by atoms with van der Waals surface area (Å²) < 4.78 is 2.05. The first kappa shape index (κ1) is 20.5. The lowest BCUT2D eigenvalue weighted by molar-refractivity contribution is 0.798. The molecule has 2 N–H and O–H groups in total. The predicted molar refractivity (Wildman–Crippen MR) is 113 cm³/mol. The van der Waals surface area contributed by atoms with Crippen molar-refractivity contribution in [2.45, 2.75) is 33.7 Å². The van der Waals surface area contributed by atoms with Gasteiger partial charge in [-0.3, -0.25) is 0 Å². The second-order valence-corrected chi connectivity index (χ2v) is 6.05. The third kappa shape index (κ3) is 6.95. The van der Waals surface area contributed by atoms with Crippen LogP contribution in [0.5, 0.6) is 0 Å². The maximum absolute atomic E-state index is 4.64. The lowest BCUT2D eigenvalue weighted by atomic mass is 10.1. The molecule has 0 fully saturated rings. The van der Waals surface area contributed by atoms with Gasteiger partial charge in [0, 0.05) is 32.5 Å². The fourth-order valence-electron chi connectivity index (χ4n) is 2.71. The molecule has 2 aromatic rings. The zero-order chi connectivity index (χ0) is 16.7. The van der Waals surface area contributed by atoms with Gasteiger partial charge < -0.3 is 15.2 Å². The van der Waals surface area contributed by atoms with Gasteiger partial charge in [0.1, 0.15) is 0 Å². The van der Waals surface area contributed by atoms with Crippen molar-refractivity contribution in [1.29, 1.82) is 0 Å². The third-order valence-electron chi connectivity index (χ3n) is 3.64. The van der Waals surface area contributed by atoms with Crippen molar-refractivity contribution in [1.82, 2.24) is 15.2 Å². The van der Waals surface area contributed by atoms with Crippen LogP contribution in [0.25, 0.3) is 0 Å². The lowest BCUT2D eigenvalue weighted by Crippen LogP contribution is -2.38. The van der Waals surface area contributed by atoms with E-state index in [1.54, 1.807) is 0 Å². The Labute approximate surface area is 162 Å². The zero-order valence-electron chi connectivity index (χ0n) is 15.1. The molecular weight excluding hydrogens is 411 g/mol. The summed E-state index contributed by atoms with van der Waals surface area (Å²) in [5.74, 6) is 0.876. The van der Waals surface area contributed by atoms with Crippen LogP contribution in [0.2, 0.25) is 0 Å². The smallest absolute Gasteiger partial charge is 0.191 e. The normalized spacial score (nSPS) is 11.1. The molecular formula is C19H29IN4. The highest BCUT2D eigenvalue weighted by molar-refractivity contribution is 14.0. The Morgan fingerprint density at radius 2 is 1.79 bits per heavy atom. The quantitative estimate of drug-likeness (QED) is 0.410. The van der Waals surface area contributed by atoms with Gasteiger partial charge in [-0.2, -0.15) is 0 Å². The van der Waals surface area contributed by atoms with E-state index in [0.29, 0.717) is 6.54 Å². The summed E-state index contributed by atoms with van der Waals surface area (Å²) in [7, 11) is 2.03. The highest BCUT2D eigenvalue weighted by Gasteiger charge is 2.00. The van der Waals surface area contributed by atoms with Crippen molar-refractivity contribution < 1.29 is 0 Å². The van der Waals surface area contributed by atoms with Crippen LogP contribution in [0, 0.1) is 13.8 Å². The Morgan fingerprint density at radius 1 is 1.08 bits per heavy atom. The molecule has 0 spiro atoms. The summed E-state index contributed by atoms with van der Waals surface area (Å²) in [6, 6.07) is 8.82. The summed E-state index contributed by atoms with van der Waals surface area (Å²) in [4.78, 5) is 4.64. The van der Waals surface area contributed by atoms with Crippen LogP contribution in [0.15, 0.2) is 41.7 Å². The van der Waals surface area contributed by atoms with E-state index in [0.717, 1.165) is 25.5 Å². The first-order valence-electron chi connectivity index (χ1n) is 8.27. The summed E-state index contributed by atoms with van der Waals surface area (Å²) in [5, 5.41) is 6.72. The van der Waals surface area contributed by atoms with Gasteiger partial charge in [0.15, 0.2) is 5.96 Å². The number of rotatable bonds is 6. The summed E-state index contributed by atoms with van der Waals surface area (Å²) in [6.07, 6.45) is 5.14. The van der Waals surface area contributed by atoms with Crippen molar-refractivity contribution in [3.05, 3.63) is 58.9 Å². The first-order chi connectivity index (χ1) is 11.1. The molecule has 5 heteroatoms. The van der Waals surface area contributed by atoms with Crippen molar-refractivity contribution in [3.63, 3.8) is 0 Å². The molecule has 0 aliphatic rings. The average Bonchev–Trinajstić information content (AvgIpc) is 2.89. The van der Waals surface area contributed by atoms with E-state index >= 15 is 0 Å². The molecule has 24 heavy (non-hydrogen) atoms. The minimum Gasteiger partial charge on any atom is -0.357 e. The van der Waals surface area contributed by atoms with E-state index in [1.165, 1.54) is 22.3 Å². The molecule has 0 amide bonds. The molecule has 1 heterocycles. The van der Waals surface area contributed by atoms with Crippen LogP contribution in [-0.4, -0.2) is 23.6 Å². The van der Waals surface area contributed by atoms with E-state index in [9.17, 15) is 0 Å². The second-order valence-electron chi connectivity index (χ2n) is 6.05. The number of hydrogen-bond donors (Lipinski definition) is 2. The SMILES string of the molecule is CCNC(=NCc1ccn(C)c1)NCCc1cc(C)cc(C)c1.I. The Morgan fingerprint density at radius 3 is 2.38 bits per heavy atom. The van der Waals surface area contributed by atoms with E-state index < -0.39 is 0 Å². The summed E-state index contributed by atoms with van der Waals surface area (Å²) in [5.41, 5.74) is 5.24. The largest absolute Gasteiger partial charge is 0.357 e. The molecule has 0 atom stereocenters. The molecule has 2 rings (SSSR count). The van der Waals surface area contributed by atoms with Crippen LogP contribution in [-0.2, 0) is 20.0 Å². The third-order valence-corrected chi connectivity index (χ3v) is 3.64. The first-order valence-corrected chi connectivity index (χ1v) is 8.27. The van der Waals surface area contributed by atoms with Crippen molar-refractivity contribution >= 4 is 29.9 Å². The molecule has 1 aromatic heterocycles. The van der Waals surface area contributed by atoms with Gasteiger partial charge in [0.05, 0.1) is 6.54 Å². The number of hydrogen-bond acceptors (Lipinski definition) is 1. The zero-order valence-corrected chi connectivity index (χ0v) is 17.4. The van der Waals surface area contributed by atoms with Crippen LogP contribution in [0.1, 0.15) is 29.2 Å². The van der Waals surface area contributed by atoms with Gasteiger partial charge in [-0.05, 0) is 44.4 Å². The Hall–Kier alpha value is -1.50. The number of halogens is 1. The molecule has 0 unspecified atom stereocenters. The number of aliphatic imine (C=N–C) groups is 1. The number of guanidine groups is 1. The van der Waals surface area contributed by atoms with E-state index in [1.807, 2.05) is 17.8 Å². The number of nitrogens with zero attached hydrogens (tertiary/aromatic N) is 2. The van der Waals surface area contributed by atoms with Gasteiger partial charge in [0.2, 0.25) is 0 Å². The summed E-state index contributed by atoms with van der Waals surface area (Å²) >= 11 is 0. The monoisotopic (exact) mass is 440 g/mol. The van der Waals surface area contributed by atoms with Gasteiger partial charge in [-0.25, -0.2) is 4.99 Å². The highest BCUT2D eigenvalue weighted by atomic mass is 127. The Kier molecular flexibility index (Phi) is 8.89. The topological polar surface area (TPSA) is 41.4 Å². The predicted octanol–water partition coefficient (Wildman–Crippen LogP) is 3.56. The minimum absolute atomic E-state index is 0. The molecule has 132 valence electrons. The average molecular weight is 440 g/mol. The molecule has 0 bridgehead atoms. The van der Waals surface area contributed by atoms with Gasteiger partial charge in [-0.15, -0.1) is 24.0 Å². The van der Waals surface area contributed by atoms with Gasteiger partial charge in [0.25, 0.3) is 0 Å². The van der Waals surface area contributed by atoms with Crippen LogP contribution < -0.4 is 10.6 Å². The number of aromatic nitrogens is 1. The Balaban J connectivity index is 0.00000288. The van der Waals surface area contributed by atoms with Crippen molar-refractivity contribution in [2.24, 2.45) is 12.0 Å². The van der Waals surface area contributed by atoms with E-state index in [4.69, 9.17) is 0 Å². The standard InChI is InChI=1S/C19H28N4.HI/c1-5-20-19(22-13-18-7-9-23(4)14-18)21-8-6-17-11-15(2)10-16(3)12-17;/h7,9-12,14H,5-6,8,13H2,1-4H3,(H2,20,21,22);1H. The number of nitrogens with one attached hydrogen (secondary N) is 2. The fraction of sp³-hybridized carbons (Fsp3) is 0.421. The van der Waals surface area contributed by atoms with Crippen molar-refractivity contribution in [3.8, 4) is 0 Å². The van der Waals surface area contributed by atoms with Crippen LogP contribution in [0.4, 0.5) is 0 Å². The molecule has 0 saturated carbocycles. The van der Waals surface area contributed by atoms with E-state index in [-0.39, 0.29) is 24.0 Å². The van der Waals surface area contributed by atoms with Gasteiger partial charge >= 0.3 is 0 Å². The van der Waals surface area contributed by atoms with Gasteiger partial charge in [-0.1, -0.05) is 29.3 Å². The molecule has 0 aliphatic carbocycles. The maximum atomic E-state index is 4.64. The fourth-order valence-corrected chi connectivity index (χ4v) is 2.71. The Bertz CT molecular complexity index is 641. The summed E-state index contributed by atoms with van der Waals surface area (Å²) in [6.45, 7) is 8.82. The second kappa shape index (κ2) is 10.4. The number of benzene rings is 1. The highest BCUT2D eigenvalue weighted by Crippen LogP contribution is 2.09.